The fourth-order valence-corrected chi connectivity index (χ4v) is 2.26. The smallest absolute Gasteiger partial charge is 0.328 e. The minimum Gasteiger partial charge on any atom is -0.480 e. The molecule has 0 bridgehead atoms. The van der Waals surface area contributed by atoms with Crippen molar-refractivity contribution in [2.45, 2.75) is 32.2 Å². The Morgan fingerprint density at radius 2 is 2.22 bits per heavy atom. The maximum Gasteiger partial charge on any atom is 0.328 e. The van der Waals surface area contributed by atoms with Crippen LogP contribution in [0.5, 0.6) is 0 Å². The molecule has 1 amide bonds. The molecule has 0 aliphatic carbocycles. The molecule has 0 spiro atoms. The molecule has 1 rings (SSSR count). The van der Waals surface area contributed by atoms with Crippen LogP contribution in [0.2, 0.25) is 0 Å². The lowest BCUT2D eigenvalue weighted by Crippen LogP contribution is -2.44. The van der Waals surface area contributed by atoms with Gasteiger partial charge in [0.2, 0.25) is 5.91 Å². The summed E-state index contributed by atoms with van der Waals surface area (Å²) in [5.74, 6) is -0.847. The highest BCUT2D eigenvalue weighted by atomic mass is 16.4. The van der Waals surface area contributed by atoms with E-state index in [2.05, 4.69) is 10.6 Å². The van der Waals surface area contributed by atoms with E-state index in [1.807, 2.05) is 6.92 Å². The fourth-order valence-electron chi connectivity index (χ4n) is 2.26. The molecule has 0 aromatic carbocycles. The Labute approximate surface area is 107 Å². The van der Waals surface area contributed by atoms with Gasteiger partial charge in [-0.1, -0.05) is 6.92 Å². The number of hydrogen-bond donors (Lipinski definition) is 4. The Balaban J connectivity index is 2.36. The minimum atomic E-state index is -1.21. The minimum absolute atomic E-state index is 0.214. The van der Waals surface area contributed by atoms with Crippen LogP contribution in [-0.4, -0.2) is 47.8 Å². The molecule has 6 heteroatoms. The van der Waals surface area contributed by atoms with Crippen molar-refractivity contribution in [3.8, 4) is 0 Å². The van der Waals surface area contributed by atoms with Gasteiger partial charge in [-0.3, -0.25) is 4.79 Å². The molecule has 2 unspecified atom stereocenters. The standard InChI is InChI=1S/C12H22N2O4/c1-8(9-3-2-4-13-6-9)5-11(16)14-10(7-15)12(17)18/h8-10,13,15H,2-7H2,1H3,(H,14,16)(H,17,18)/t8?,9?,10-/m1/s1. The molecule has 4 N–H and O–H groups in total. The Morgan fingerprint density at radius 1 is 1.50 bits per heavy atom. The van der Waals surface area contributed by atoms with Gasteiger partial charge in [-0.2, -0.15) is 0 Å². The van der Waals surface area contributed by atoms with E-state index in [1.54, 1.807) is 0 Å². The van der Waals surface area contributed by atoms with Crippen molar-refractivity contribution in [3.05, 3.63) is 0 Å². The van der Waals surface area contributed by atoms with Gasteiger partial charge in [0.15, 0.2) is 0 Å². The lowest BCUT2D eigenvalue weighted by atomic mass is 9.85. The highest BCUT2D eigenvalue weighted by Gasteiger charge is 2.24. The van der Waals surface area contributed by atoms with Gasteiger partial charge in [-0.05, 0) is 37.8 Å². The van der Waals surface area contributed by atoms with E-state index >= 15 is 0 Å². The van der Waals surface area contributed by atoms with Crippen molar-refractivity contribution in [3.63, 3.8) is 0 Å². The zero-order chi connectivity index (χ0) is 13.5. The number of aliphatic hydroxyl groups excluding tert-OH is 1. The molecule has 104 valence electrons. The highest BCUT2D eigenvalue weighted by Crippen LogP contribution is 2.22. The molecular formula is C12H22N2O4. The average Bonchev–Trinajstić information content (AvgIpc) is 2.36. The molecule has 18 heavy (non-hydrogen) atoms. The number of piperidine rings is 1. The Morgan fingerprint density at radius 3 is 2.72 bits per heavy atom. The van der Waals surface area contributed by atoms with Gasteiger partial charge >= 0.3 is 5.97 Å². The molecule has 0 aromatic heterocycles. The quantitative estimate of drug-likeness (QED) is 0.518. The molecule has 0 radical (unpaired) electrons. The maximum atomic E-state index is 11.7. The van der Waals surface area contributed by atoms with Crippen LogP contribution in [0.4, 0.5) is 0 Å². The molecule has 0 saturated carbocycles. The second kappa shape index (κ2) is 7.33. The Hall–Kier alpha value is -1.14. The number of aliphatic hydroxyl groups is 1. The summed E-state index contributed by atoms with van der Waals surface area (Å²) in [6, 6.07) is -1.20. The number of rotatable bonds is 6. The lowest BCUT2D eigenvalue weighted by Gasteiger charge is -2.28. The number of hydrogen-bond acceptors (Lipinski definition) is 4. The summed E-state index contributed by atoms with van der Waals surface area (Å²) in [5, 5.41) is 23.2. The average molecular weight is 258 g/mol. The van der Waals surface area contributed by atoms with Crippen molar-refractivity contribution >= 4 is 11.9 Å². The summed E-state index contributed by atoms with van der Waals surface area (Å²) in [6.07, 6.45) is 2.52. The van der Waals surface area contributed by atoms with Gasteiger partial charge < -0.3 is 20.8 Å². The first kappa shape index (κ1) is 14.9. The molecule has 3 atom stereocenters. The van der Waals surface area contributed by atoms with Gasteiger partial charge in [0, 0.05) is 6.42 Å². The van der Waals surface area contributed by atoms with Crippen LogP contribution in [0.15, 0.2) is 0 Å². The SMILES string of the molecule is CC(CC(=O)N[C@H](CO)C(=O)O)C1CCCNC1. The third kappa shape index (κ3) is 4.62. The van der Waals surface area contributed by atoms with Crippen LogP contribution in [0, 0.1) is 11.8 Å². The first-order valence-corrected chi connectivity index (χ1v) is 6.38. The van der Waals surface area contributed by atoms with E-state index in [-0.39, 0.29) is 11.8 Å². The van der Waals surface area contributed by atoms with Crippen LogP contribution in [0.1, 0.15) is 26.2 Å². The van der Waals surface area contributed by atoms with Gasteiger partial charge in [0.1, 0.15) is 6.04 Å². The number of carbonyl (C=O) groups excluding carboxylic acids is 1. The lowest BCUT2D eigenvalue weighted by molar-refractivity contribution is -0.143. The molecule has 1 heterocycles. The number of carboxylic acid groups (broad SMARTS) is 1. The van der Waals surface area contributed by atoms with E-state index in [9.17, 15) is 9.59 Å². The first-order valence-electron chi connectivity index (χ1n) is 6.38. The predicted octanol–water partition coefficient (Wildman–Crippen LogP) is -0.426. The van der Waals surface area contributed by atoms with Crippen LogP contribution < -0.4 is 10.6 Å². The number of carboxylic acids is 1. The Kier molecular flexibility index (Phi) is 6.07. The highest BCUT2D eigenvalue weighted by molar-refractivity contribution is 5.83. The largest absolute Gasteiger partial charge is 0.480 e. The van der Waals surface area contributed by atoms with Gasteiger partial charge in [0.05, 0.1) is 6.61 Å². The number of nitrogens with one attached hydrogen (secondary N) is 2. The summed E-state index contributed by atoms with van der Waals surface area (Å²) in [6.45, 7) is 3.37. The summed E-state index contributed by atoms with van der Waals surface area (Å²) in [4.78, 5) is 22.3. The number of aliphatic carboxylic acids is 1. The van der Waals surface area contributed by atoms with Crippen molar-refractivity contribution < 1.29 is 19.8 Å². The van der Waals surface area contributed by atoms with Gasteiger partial charge in [-0.25, -0.2) is 4.79 Å². The Bertz CT molecular complexity index is 290. The maximum absolute atomic E-state index is 11.7. The molecular weight excluding hydrogens is 236 g/mol. The topological polar surface area (TPSA) is 98.7 Å². The summed E-state index contributed by atoms with van der Waals surface area (Å²) in [7, 11) is 0. The second-order valence-corrected chi connectivity index (χ2v) is 4.93. The second-order valence-electron chi connectivity index (χ2n) is 4.93. The zero-order valence-corrected chi connectivity index (χ0v) is 10.7. The number of carbonyl (C=O) groups is 2. The molecule has 6 nitrogen and oxygen atoms in total. The summed E-state index contributed by atoms with van der Waals surface area (Å²) < 4.78 is 0. The van der Waals surface area contributed by atoms with E-state index < -0.39 is 18.6 Å². The van der Waals surface area contributed by atoms with E-state index in [0.717, 1.165) is 25.9 Å². The predicted molar refractivity (Wildman–Crippen MR) is 66.0 cm³/mol. The fraction of sp³-hybridized carbons (Fsp3) is 0.833. The summed E-state index contributed by atoms with van der Waals surface area (Å²) in [5.41, 5.74) is 0. The van der Waals surface area contributed by atoms with Crippen molar-refractivity contribution in [2.24, 2.45) is 11.8 Å². The molecule has 0 aromatic rings. The molecule has 1 aliphatic rings. The third-order valence-corrected chi connectivity index (χ3v) is 3.46. The monoisotopic (exact) mass is 258 g/mol. The van der Waals surface area contributed by atoms with Crippen LogP contribution >= 0.6 is 0 Å². The van der Waals surface area contributed by atoms with Gasteiger partial charge in [0.25, 0.3) is 0 Å². The first-order chi connectivity index (χ1) is 8.54. The van der Waals surface area contributed by atoms with Crippen LogP contribution in [0.25, 0.3) is 0 Å². The number of amides is 1. The zero-order valence-electron chi connectivity index (χ0n) is 10.7. The van der Waals surface area contributed by atoms with E-state index in [4.69, 9.17) is 10.2 Å². The van der Waals surface area contributed by atoms with Crippen LogP contribution in [0.3, 0.4) is 0 Å². The molecule has 1 fully saturated rings. The molecule has 1 aliphatic heterocycles. The van der Waals surface area contributed by atoms with Crippen molar-refractivity contribution in [1.82, 2.24) is 10.6 Å². The molecule has 1 saturated heterocycles. The van der Waals surface area contributed by atoms with Crippen LogP contribution in [-0.2, 0) is 9.59 Å². The third-order valence-electron chi connectivity index (χ3n) is 3.46. The normalized spacial score (nSPS) is 23.1. The van der Waals surface area contributed by atoms with Crippen molar-refractivity contribution in [1.29, 1.82) is 0 Å². The summed E-state index contributed by atoms with van der Waals surface area (Å²) >= 11 is 0. The van der Waals surface area contributed by atoms with E-state index in [1.165, 1.54) is 0 Å². The van der Waals surface area contributed by atoms with Gasteiger partial charge in [-0.15, -0.1) is 0 Å². The van der Waals surface area contributed by atoms with Crippen molar-refractivity contribution in [2.75, 3.05) is 19.7 Å². The van der Waals surface area contributed by atoms with E-state index in [0.29, 0.717) is 12.3 Å².